The Balaban J connectivity index is 2.39. The van der Waals surface area contributed by atoms with Crippen LogP contribution in [0.1, 0.15) is 26.3 Å². The van der Waals surface area contributed by atoms with Crippen LogP contribution >= 0.6 is 0 Å². The predicted octanol–water partition coefficient (Wildman–Crippen LogP) is 2.69. The highest BCUT2D eigenvalue weighted by atomic mass is 16.5. The molecule has 0 aliphatic carbocycles. The van der Waals surface area contributed by atoms with Gasteiger partial charge in [0.25, 0.3) is 0 Å². The molecular weight excluding hydrogens is 204 g/mol. The van der Waals surface area contributed by atoms with E-state index in [1.165, 1.54) is 6.07 Å². The molecule has 0 fully saturated rings. The SMILES string of the molecule is CC(C)[C@H]1Oc2cc(O)cc(O)c2C[C@H]1C. The van der Waals surface area contributed by atoms with E-state index in [-0.39, 0.29) is 17.6 Å². The van der Waals surface area contributed by atoms with Crippen LogP contribution in [0.2, 0.25) is 0 Å². The van der Waals surface area contributed by atoms with E-state index < -0.39 is 0 Å². The number of hydrogen-bond acceptors (Lipinski definition) is 3. The van der Waals surface area contributed by atoms with Crippen molar-refractivity contribution in [3.05, 3.63) is 17.7 Å². The molecule has 1 aromatic carbocycles. The van der Waals surface area contributed by atoms with E-state index in [1.807, 2.05) is 0 Å². The maximum atomic E-state index is 9.74. The number of rotatable bonds is 1. The van der Waals surface area contributed by atoms with E-state index >= 15 is 0 Å². The second-order valence-electron chi connectivity index (χ2n) is 4.95. The van der Waals surface area contributed by atoms with Crippen LogP contribution in [-0.2, 0) is 6.42 Å². The van der Waals surface area contributed by atoms with Gasteiger partial charge in [0.05, 0.1) is 0 Å². The fourth-order valence-corrected chi connectivity index (χ4v) is 2.42. The van der Waals surface area contributed by atoms with Crippen molar-refractivity contribution in [2.75, 3.05) is 0 Å². The summed E-state index contributed by atoms with van der Waals surface area (Å²) in [5.74, 6) is 1.60. The Morgan fingerprint density at radius 3 is 2.62 bits per heavy atom. The smallest absolute Gasteiger partial charge is 0.130 e. The third kappa shape index (κ3) is 1.82. The molecule has 0 radical (unpaired) electrons. The maximum absolute atomic E-state index is 9.74. The van der Waals surface area contributed by atoms with Gasteiger partial charge in [-0.25, -0.2) is 0 Å². The van der Waals surface area contributed by atoms with Crippen LogP contribution in [0.5, 0.6) is 17.2 Å². The predicted molar refractivity (Wildman–Crippen MR) is 61.9 cm³/mol. The quantitative estimate of drug-likeness (QED) is 0.768. The molecule has 3 nitrogen and oxygen atoms in total. The van der Waals surface area contributed by atoms with Gasteiger partial charge in [-0.15, -0.1) is 0 Å². The summed E-state index contributed by atoms with van der Waals surface area (Å²) in [5.41, 5.74) is 0.808. The number of aromatic hydroxyl groups is 2. The maximum Gasteiger partial charge on any atom is 0.130 e. The Morgan fingerprint density at radius 1 is 1.31 bits per heavy atom. The molecule has 1 heterocycles. The van der Waals surface area contributed by atoms with Crippen molar-refractivity contribution < 1.29 is 14.9 Å². The van der Waals surface area contributed by atoms with Gasteiger partial charge in [0.1, 0.15) is 23.4 Å². The lowest BCUT2D eigenvalue weighted by Crippen LogP contribution is -2.35. The average Bonchev–Trinajstić information content (AvgIpc) is 2.18. The fraction of sp³-hybridized carbons (Fsp3) is 0.538. The van der Waals surface area contributed by atoms with Crippen molar-refractivity contribution in [1.82, 2.24) is 0 Å². The highest BCUT2D eigenvalue weighted by Crippen LogP contribution is 2.40. The molecule has 2 rings (SSSR count). The van der Waals surface area contributed by atoms with Crippen LogP contribution in [0, 0.1) is 11.8 Å². The lowest BCUT2D eigenvalue weighted by Gasteiger charge is -2.34. The minimum Gasteiger partial charge on any atom is -0.508 e. The lowest BCUT2D eigenvalue weighted by atomic mass is 9.86. The largest absolute Gasteiger partial charge is 0.508 e. The topological polar surface area (TPSA) is 49.7 Å². The molecule has 0 bridgehead atoms. The number of hydrogen-bond donors (Lipinski definition) is 2. The zero-order chi connectivity index (χ0) is 11.9. The van der Waals surface area contributed by atoms with Gasteiger partial charge in [-0.05, 0) is 18.3 Å². The van der Waals surface area contributed by atoms with Crippen molar-refractivity contribution in [3.63, 3.8) is 0 Å². The minimum atomic E-state index is 0.0494. The zero-order valence-electron chi connectivity index (χ0n) is 9.90. The molecule has 1 aliphatic heterocycles. The van der Waals surface area contributed by atoms with Crippen molar-refractivity contribution >= 4 is 0 Å². The van der Waals surface area contributed by atoms with Gasteiger partial charge < -0.3 is 14.9 Å². The summed E-state index contributed by atoms with van der Waals surface area (Å²) in [6.45, 7) is 6.36. The molecule has 0 aromatic heterocycles. The van der Waals surface area contributed by atoms with Gasteiger partial charge in [-0.3, -0.25) is 0 Å². The first kappa shape index (κ1) is 11.1. The molecular formula is C13H18O3. The van der Waals surface area contributed by atoms with Gasteiger partial charge >= 0.3 is 0 Å². The Bertz CT molecular complexity index is 398. The summed E-state index contributed by atoms with van der Waals surface area (Å²) in [6.07, 6.45) is 0.943. The third-order valence-electron chi connectivity index (χ3n) is 3.18. The molecule has 3 heteroatoms. The second kappa shape index (κ2) is 3.89. The van der Waals surface area contributed by atoms with Gasteiger partial charge in [-0.1, -0.05) is 20.8 Å². The first-order valence-electron chi connectivity index (χ1n) is 5.70. The molecule has 0 saturated heterocycles. The summed E-state index contributed by atoms with van der Waals surface area (Å²) >= 11 is 0. The number of benzene rings is 1. The number of phenols is 2. The number of phenolic OH excluding ortho intramolecular Hbond substituents is 2. The summed E-state index contributed by atoms with van der Waals surface area (Å²) in [4.78, 5) is 0. The molecule has 16 heavy (non-hydrogen) atoms. The normalized spacial score (nSPS) is 24.0. The molecule has 1 aromatic rings. The first-order valence-corrected chi connectivity index (χ1v) is 5.70. The molecule has 1 aliphatic rings. The van der Waals surface area contributed by atoms with E-state index in [4.69, 9.17) is 4.74 Å². The Morgan fingerprint density at radius 2 is 2.00 bits per heavy atom. The molecule has 0 saturated carbocycles. The second-order valence-corrected chi connectivity index (χ2v) is 4.95. The van der Waals surface area contributed by atoms with Crippen molar-refractivity contribution in [2.24, 2.45) is 11.8 Å². The number of ether oxygens (including phenoxy) is 1. The molecule has 2 N–H and O–H groups in total. The summed E-state index contributed by atoms with van der Waals surface area (Å²) < 4.78 is 5.85. The van der Waals surface area contributed by atoms with Gasteiger partial charge in [0.15, 0.2) is 0 Å². The van der Waals surface area contributed by atoms with Crippen LogP contribution in [0.3, 0.4) is 0 Å². The molecule has 0 spiro atoms. The Hall–Kier alpha value is -1.38. The Kier molecular flexibility index (Phi) is 2.70. The zero-order valence-corrected chi connectivity index (χ0v) is 9.90. The highest BCUT2D eigenvalue weighted by molar-refractivity contribution is 5.50. The van der Waals surface area contributed by atoms with E-state index in [0.29, 0.717) is 17.6 Å². The lowest BCUT2D eigenvalue weighted by molar-refractivity contribution is 0.0786. The molecule has 0 amide bonds. The van der Waals surface area contributed by atoms with E-state index in [2.05, 4.69) is 20.8 Å². The monoisotopic (exact) mass is 222 g/mol. The van der Waals surface area contributed by atoms with Crippen LogP contribution in [0.4, 0.5) is 0 Å². The summed E-state index contributed by atoms with van der Waals surface area (Å²) in [7, 11) is 0. The van der Waals surface area contributed by atoms with Crippen molar-refractivity contribution in [2.45, 2.75) is 33.3 Å². The van der Waals surface area contributed by atoms with Crippen molar-refractivity contribution in [1.29, 1.82) is 0 Å². The third-order valence-corrected chi connectivity index (χ3v) is 3.18. The standard InChI is InChI=1S/C13H18O3/c1-7(2)13-8(3)4-10-11(15)5-9(14)6-12(10)16-13/h5-8,13-15H,4H2,1-3H3/t8-,13-/m1/s1. The van der Waals surface area contributed by atoms with Crippen molar-refractivity contribution in [3.8, 4) is 17.2 Å². The first-order chi connectivity index (χ1) is 7.49. The molecule has 2 atom stereocenters. The van der Waals surface area contributed by atoms with Crippen LogP contribution in [0.25, 0.3) is 0 Å². The molecule has 0 unspecified atom stereocenters. The average molecular weight is 222 g/mol. The van der Waals surface area contributed by atoms with E-state index in [0.717, 1.165) is 12.0 Å². The fourth-order valence-electron chi connectivity index (χ4n) is 2.42. The van der Waals surface area contributed by atoms with E-state index in [1.54, 1.807) is 6.07 Å². The summed E-state index contributed by atoms with van der Waals surface area (Å²) in [6, 6.07) is 2.95. The van der Waals surface area contributed by atoms with Gasteiger partial charge in [-0.2, -0.15) is 0 Å². The van der Waals surface area contributed by atoms with E-state index in [9.17, 15) is 10.2 Å². The van der Waals surface area contributed by atoms with Crippen LogP contribution in [0.15, 0.2) is 12.1 Å². The van der Waals surface area contributed by atoms with Gasteiger partial charge in [0, 0.05) is 17.7 Å². The summed E-state index contributed by atoms with van der Waals surface area (Å²) in [5, 5.41) is 19.2. The minimum absolute atomic E-state index is 0.0494. The van der Waals surface area contributed by atoms with Gasteiger partial charge in [0.2, 0.25) is 0 Å². The highest BCUT2D eigenvalue weighted by Gasteiger charge is 2.30. The molecule has 88 valence electrons. The Labute approximate surface area is 95.7 Å². The van der Waals surface area contributed by atoms with Crippen LogP contribution < -0.4 is 4.74 Å². The number of fused-ring (bicyclic) bond motifs is 1. The van der Waals surface area contributed by atoms with Crippen LogP contribution in [-0.4, -0.2) is 16.3 Å².